The van der Waals surface area contributed by atoms with Crippen LogP contribution >= 0.6 is 15.9 Å². The number of carboxylic acid groups (broad SMARTS) is 1. The molecular formula is C10H15BrN2O3. The fourth-order valence-corrected chi connectivity index (χ4v) is 1.57. The lowest BCUT2D eigenvalue weighted by Gasteiger charge is -2.15. The average molecular weight is 291 g/mol. The number of anilines is 1. The largest absolute Gasteiger partial charge is 0.480 e. The van der Waals surface area contributed by atoms with Crippen LogP contribution in [0.4, 0.5) is 5.82 Å². The first-order valence-corrected chi connectivity index (χ1v) is 5.82. The minimum absolute atomic E-state index is 0.292. The molecule has 1 atom stereocenters. The minimum Gasteiger partial charge on any atom is -0.480 e. The standard InChI is InChI=1S/C10H15BrN2O3/c1-5(2)4-7(10(14)15)12-9-8(11)6(3)16-13-9/h5,7H,4H2,1-3H3,(H,12,13)(H,14,15). The third kappa shape index (κ3) is 3.23. The van der Waals surface area contributed by atoms with Gasteiger partial charge in [-0.2, -0.15) is 0 Å². The van der Waals surface area contributed by atoms with E-state index in [9.17, 15) is 4.79 Å². The molecule has 0 saturated carbocycles. The molecule has 0 amide bonds. The maximum Gasteiger partial charge on any atom is 0.326 e. The number of nitrogens with one attached hydrogen (secondary N) is 1. The molecule has 1 aromatic rings. The van der Waals surface area contributed by atoms with Gasteiger partial charge in [-0.3, -0.25) is 0 Å². The van der Waals surface area contributed by atoms with Gasteiger partial charge in [0.2, 0.25) is 0 Å². The molecule has 0 aliphatic heterocycles. The van der Waals surface area contributed by atoms with Gasteiger partial charge in [0, 0.05) is 0 Å². The van der Waals surface area contributed by atoms with Crippen molar-refractivity contribution < 1.29 is 14.4 Å². The minimum atomic E-state index is -0.888. The number of hydrogen-bond donors (Lipinski definition) is 2. The number of aryl methyl sites for hydroxylation is 1. The van der Waals surface area contributed by atoms with Crippen LogP contribution in [0.2, 0.25) is 0 Å². The summed E-state index contributed by atoms with van der Waals surface area (Å²) in [6.45, 7) is 5.70. The number of nitrogens with zero attached hydrogens (tertiary/aromatic N) is 1. The second-order valence-corrected chi connectivity index (χ2v) is 4.86. The lowest BCUT2D eigenvalue weighted by Crippen LogP contribution is -2.30. The molecule has 6 heteroatoms. The molecule has 0 bridgehead atoms. The lowest BCUT2D eigenvalue weighted by molar-refractivity contribution is -0.138. The Morgan fingerprint density at radius 2 is 2.25 bits per heavy atom. The molecule has 5 nitrogen and oxygen atoms in total. The zero-order valence-electron chi connectivity index (χ0n) is 9.45. The van der Waals surface area contributed by atoms with Gasteiger partial charge in [-0.1, -0.05) is 19.0 Å². The maximum absolute atomic E-state index is 11.0. The predicted molar refractivity (Wildman–Crippen MR) is 63.4 cm³/mol. The van der Waals surface area contributed by atoms with Crippen molar-refractivity contribution in [3.05, 3.63) is 10.2 Å². The van der Waals surface area contributed by atoms with E-state index in [0.29, 0.717) is 28.4 Å². The fourth-order valence-electron chi connectivity index (χ4n) is 1.31. The van der Waals surface area contributed by atoms with E-state index in [0.717, 1.165) is 0 Å². The second kappa shape index (κ2) is 5.34. The Morgan fingerprint density at radius 3 is 2.62 bits per heavy atom. The van der Waals surface area contributed by atoms with Crippen LogP contribution in [0, 0.1) is 12.8 Å². The quantitative estimate of drug-likeness (QED) is 0.872. The Bertz CT molecular complexity index is 376. The van der Waals surface area contributed by atoms with Gasteiger partial charge in [-0.25, -0.2) is 4.79 Å². The van der Waals surface area contributed by atoms with Crippen LogP contribution < -0.4 is 5.32 Å². The molecule has 0 aliphatic carbocycles. The van der Waals surface area contributed by atoms with Crippen molar-refractivity contribution in [2.75, 3.05) is 5.32 Å². The number of aliphatic carboxylic acids is 1. The predicted octanol–water partition coefficient (Wildman–Crippen LogP) is 2.66. The van der Waals surface area contributed by atoms with Crippen molar-refractivity contribution in [3.63, 3.8) is 0 Å². The van der Waals surface area contributed by atoms with E-state index in [2.05, 4.69) is 26.4 Å². The van der Waals surface area contributed by atoms with Gasteiger partial charge in [-0.05, 0) is 35.2 Å². The van der Waals surface area contributed by atoms with Crippen LogP contribution in [0.25, 0.3) is 0 Å². The highest BCUT2D eigenvalue weighted by Gasteiger charge is 2.21. The summed E-state index contributed by atoms with van der Waals surface area (Å²) in [6, 6.07) is -0.652. The molecule has 0 fully saturated rings. The van der Waals surface area contributed by atoms with E-state index in [4.69, 9.17) is 9.63 Å². The van der Waals surface area contributed by atoms with Crippen LogP contribution in [0.3, 0.4) is 0 Å². The number of rotatable bonds is 5. The van der Waals surface area contributed by atoms with E-state index in [-0.39, 0.29) is 0 Å². The number of halogens is 1. The normalized spacial score (nSPS) is 12.8. The summed E-state index contributed by atoms with van der Waals surface area (Å²) in [7, 11) is 0. The van der Waals surface area contributed by atoms with Crippen LogP contribution in [-0.4, -0.2) is 22.3 Å². The van der Waals surface area contributed by atoms with Crippen LogP contribution in [0.1, 0.15) is 26.0 Å². The third-order valence-corrected chi connectivity index (χ3v) is 3.04. The molecule has 1 aromatic heterocycles. The summed E-state index contributed by atoms with van der Waals surface area (Å²) in [5.74, 6) is 0.461. The fraction of sp³-hybridized carbons (Fsp3) is 0.600. The molecule has 90 valence electrons. The average Bonchev–Trinajstić information content (AvgIpc) is 2.47. The molecule has 1 heterocycles. The van der Waals surface area contributed by atoms with Crippen LogP contribution in [-0.2, 0) is 4.79 Å². The van der Waals surface area contributed by atoms with Gasteiger partial charge in [0.15, 0.2) is 5.82 Å². The first-order chi connectivity index (χ1) is 7.41. The zero-order valence-corrected chi connectivity index (χ0v) is 11.0. The molecule has 0 radical (unpaired) electrons. The summed E-state index contributed by atoms with van der Waals surface area (Å²) in [4.78, 5) is 11.0. The van der Waals surface area contributed by atoms with Gasteiger partial charge >= 0.3 is 5.97 Å². The second-order valence-electron chi connectivity index (χ2n) is 4.07. The van der Waals surface area contributed by atoms with Gasteiger partial charge in [-0.15, -0.1) is 0 Å². The van der Waals surface area contributed by atoms with E-state index in [1.54, 1.807) is 6.92 Å². The smallest absolute Gasteiger partial charge is 0.326 e. The van der Waals surface area contributed by atoms with Gasteiger partial charge in [0.1, 0.15) is 16.3 Å². The van der Waals surface area contributed by atoms with Gasteiger partial charge in [0.05, 0.1) is 0 Å². The number of carbonyl (C=O) groups is 1. The van der Waals surface area contributed by atoms with Crippen LogP contribution in [0.15, 0.2) is 9.00 Å². The molecule has 1 rings (SSSR count). The summed E-state index contributed by atoms with van der Waals surface area (Å²) in [6.07, 6.45) is 0.535. The van der Waals surface area contributed by atoms with Crippen molar-refractivity contribution in [1.82, 2.24) is 5.16 Å². The van der Waals surface area contributed by atoms with E-state index >= 15 is 0 Å². The summed E-state index contributed by atoms with van der Waals surface area (Å²) >= 11 is 3.28. The monoisotopic (exact) mass is 290 g/mol. The Labute approximate surface area is 102 Å². The highest BCUT2D eigenvalue weighted by atomic mass is 79.9. The highest BCUT2D eigenvalue weighted by molar-refractivity contribution is 9.10. The Hall–Kier alpha value is -1.04. The molecule has 16 heavy (non-hydrogen) atoms. The van der Waals surface area contributed by atoms with Crippen molar-refractivity contribution >= 4 is 27.7 Å². The first-order valence-electron chi connectivity index (χ1n) is 5.03. The van der Waals surface area contributed by atoms with Gasteiger partial charge in [0.25, 0.3) is 0 Å². The number of hydrogen-bond acceptors (Lipinski definition) is 4. The van der Waals surface area contributed by atoms with E-state index in [1.165, 1.54) is 0 Å². The first kappa shape index (κ1) is 13.0. The molecule has 0 aliphatic rings. The molecule has 2 N–H and O–H groups in total. The summed E-state index contributed by atoms with van der Waals surface area (Å²) < 4.78 is 5.60. The molecule has 0 saturated heterocycles. The Kier molecular flexibility index (Phi) is 4.35. The molecule has 1 unspecified atom stereocenters. The molecule has 0 aromatic carbocycles. The van der Waals surface area contributed by atoms with Crippen molar-refractivity contribution in [1.29, 1.82) is 0 Å². The zero-order chi connectivity index (χ0) is 12.3. The molecule has 0 spiro atoms. The van der Waals surface area contributed by atoms with E-state index in [1.807, 2.05) is 13.8 Å². The van der Waals surface area contributed by atoms with Crippen molar-refractivity contribution in [2.45, 2.75) is 33.2 Å². The van der Waals surface area contributed by atoms with Crippen molar-refractivity contribution in [2.24, 2.45) is 5.92 Å². The number of carboxylic acids is 1. The SMILES string of the molecule is Cc1onc(NC(CC(C)C)C(=O)O)c1Br. The Balaban J connectivity index is 2.76. The maximum atomic E-state index is 11.0. The number of aromatic nitrogens is 1. The highest BCUT2D eigenvalue weighted by Crippen LogP contribution is 2.26. The molecular weight excluding hydrogens is 276 g/mol. The lowest BCUT2D eigenvalue weighted by atomic mass is 10.0. The Morgan fingerprint density at radius 1 is 1.62 bits per heavy atom. The summed E-state index contributed by atoms with van der Waals surface area (Å²) in [5, 5.41) is 15.6. The van der Waals surface area contributed by atoms with Crippen LogP contribution in [0.5, 0.6) is 0 Å². The van der Waals surface area contributed by atoms with Crippen molar-refractivity contribution in [3.8, 4) is 0 Å². The topological polar surface area (TPSA) is 75.4 Å². The summed E-state index contributed by atoms with van der Waals surface area (Å²) in [5.41, 5.74) is 0. The third-order valence-electron chi connectivity index (χ3n) is 2.11. The van der Waals surface area contributed by atoms with E-state index < -0.39 is 12.0 Å². The van der Waals surface area contributed by atoms with Gasteiger partial charge < -0.3 is 14.9 Å².